The predicted molar refractivity (Wildman–Crippen MR) is 103 cm³/mol. The summed E-state index contributed by atoms with van der Waals surface area (Å²) in [7, 11) is 0. The van der Waals surface area contributed by atoms with Gasteiger partial charge in [0, 0.05) is 11.8 Å². The van der Waals surface area contributed by atoms with Gasteiger partial charge < -0.3 is 10.2 Å². The number of carbonyl (C=O) groups excluding carboxylic acids is 1. The lowest BCUT2D eigenvalue weighted by molar-refractivity contribution is -0.138. The van der Waals surface area contributed by atoms with Crippen molar-refractivity contribution in [2.45, 2.75) is 71.3 Å². The van der Waals surface area contributed by atoms with E-state index in [-0.39, 0.29) is 29.5 Å². The van der Waals surface area contributed by atoms with Gasteiger partial charge >= 0.3 is 5.97 Å². The lowest BCUT2D eigenvalue weighted by Crippen LogP contribution is -2.17. The van der Waals surface area contributed by atoms with Crippen molar-refractivity contribution < 1.29 is 19.8 Å². The fourth-order valence-corrected chi connectivity index (χ4v) is 3.95. The molecule has 0 heterocycles. The summed E-state index contributed by atoms with van der Waals surface area (Å²) in [5.41, 5.74) is 0. The number of aliphatic hydroxyl groups excluding tert-OH is 1. The molecule has 26 heavy (non-hydrogen) atoms. The maximum absolute atomic E-state index is 12.1. The minimum absolute atomic E-state index is 0.0149. The fourth-order valence-electron chi connectivity index (χ4n) is 3.95. The normalized spacial score (nSPS) is 30.0. The Morgan fingerprint density at radius 1 is 1.31 bits per heavy atom. The molecule has 0 amide bonds. The molecule has 4 heteroatoms. The number of carbonyl (C=O) groups is 2. The van der Waals surface area contributed by atoms with E-state index in [0.717, 1.165) is 51.4 Å². The highest BCUT2D eigenvalue weighted by Crippen LogP contribution is 2.42. The van der Waals surface area contributed by atoms with E-state index in [2.05, 4.69) is 13.8 Å². The van der Waals surface area contributed by atoms with Crippen molar-refractivity contribution in [1.82, 2.24) is 0 Å². The summed E-state index contributed by atoms with van der Waals surface area (Å²) in [6.07, 6.45) is 14.9. The van der Waals surface area contributed by atoms with Gasteiger partial charge in [-0.25, -0.2) is 0 Å². The monoisotopic (exact) mass is 362 g/mol. The minimum Gasteiger partial charge on any atom is -0.481 e. The van der Waals surface area contributed by atoms with Crippen molar-refractivity contribution in [2.75, 3.05) is 0 Å². The molecule has 2 N–H and O–H groups in total. The third-order valence-corrected chi connectivity index (χ3v) is 6.02. The Hall–Kier alpha value is -1.42. The van der Waals surface area contributed by atoms with E-state index in [9.17, 15) is 14.7 Å². The number of carboxylic acid groups (broad SMARTS) is 1. The molecular weight excluding hydrogens is 328 g/mol. The molecular formula is C22H34O4. The van der Waals surface area contributed by atoms with Crippen molar-refractivity contribution in [2.24, 2.45) is 29.6 Å². The van der Waals surface area contributed by atoms with Gasteiger partial charge in [0.1, 0.15) is 0 Å². The molecule has 0 unspecified atom stereocenters. The Balaban J connectivity index is 1.72. The van der Waals surface area contributed by atoms with Crippen LogP contribution in [-0.4, -0.2) is 28.1 Å². The lowest BCUT2D eigenvalue weighted by atomic mass is 9.88. The highest BCUT2D eigenvalue weighted by molar-refractivity contribution is 5.94. The SMILES string of the molecule is CCCC[C@@H](C)[C@H](O)C=C[C@H]1C=CC(=O)[C@@H]1CCCC[C@@H]1C[C@H]1C(=O)O. The number of hydrogen-bond acceptors (Lipinski definition) is 3. The number of carboxylic acids is 1. The minimum atomic E-state index is -0.665. The molecule has 6 atom stereocenters. The first kappa shape index (κ1) is 20.9. The molecule has 2 aliphatic rings. The molecule has 2 aliphatic carbocycles. The van der Waals surface area contributed by atoms with Crippen LogP contribution in [0.4, 0.5) is 0 Å². The molecule has 0 aromatic rings. The van der Waals surface area contributed by atoms with Crippen LogP contribution in [-0.2, 0) is 9.59 Å². The van der Waals surface area contributed by atoms with E-state index >= 15 is 0 Å². The summed E-state index contributed by atoms with van der Waals surface area (Å²) in [6, 6.07) is 0. The van der Waals surface area contributed by atoms with Gasteiger partial charge in [-0.05, 0) is 43.6 Å². The van der Waals surface area contributed by atoms with Crippen molar-refractivity contribution in [3.8, 4) is 0 Å². The van der Waals surface area contributed by atoms with Gasteiger partial charge in [0.25, 0.3) is 0 Å². The Bertz CT molecular complexity index is 536. The molecule has 0 radical (unpaired) electrons. The zero-order valence-corrected chi connectivity index (χ0v) is 16.1. The lowest BCUT2D eigenvalue weighted by Gasteiger charge is -2.18. The number of unbranched alkanes of at least 4 members (excludes halogenated alkanes) is 2. The zero-order chi connectivity index (χ0) is 19.1. The van der Waals surface area contributed by atoms with Crippen LogP contribution in [0.15, 0.2) is 24.3 Å². The average Bonchev–Trinajstić information content (AvgIpc) is 3.32. The Kier molecular flexibility index (Phi) is 8.08. The maximum atomic E-state index is 12.1. The van der Waals surface area contributed by atoms with Crippen LogP contribution in [0.1, 0.15) is 65.2 Å². The van der Waals surface area contributed by atoms with Crippen molar-refractivity contribution in [3.05, 3.63) is 24.3 Å². The molecule has 1 fully saturated rings. The number of aliphatic hydroxyl groups is 1. The van der Waals surface area contributed by atoms with Gasteiger partial charge in [-0.3, -0.25) is 9.59 Å². The van der Waals surface area contributed by atoms with Crippen LogP contribution < -0.4 is 0 Å². The van der Waals surface area contributed by atoms with Gasteiger partial charge in [0.2, 0.25) is 0 Å². The van der Waals surface area contributed by atoms with E-state index in [1.165, 1.54) is 0 Å². The van der Waals surface area contributed by atoms with Gasteiger partial charge in [0.15, 0.2) is 5.78 Å². The number of ketones is 1. The molecule has 0 bridgehead atoms. The summed E-state index contributed by atoms with van der Waals surface area (Å²) in [6.45, 7) is 4.22. The van der Waals surface area contributed by atoms with E-state index in [1.54, 1.807) is 6.08 Å². The van der Waals surface area contributed by atoms with Crippen molar-refractivity contribution >= 4 is 11.8 Å². The smallest absolute Gasteiger partial charge is 0.306 e. The molecule has 0 aromatic heterocycles. The zero-order valence-electron chi connectivity index (χ0n) is 16.1. The first-order chi connectivity index (χ1) is 12.4. The first-order valence-electron chi connectivity index (χ1n) is 10.2. The van der Waals surface area contributed by atoms with Crippen LogP contribution in [0.2, 0.25) is 0 Å². The van der Waals surface area contributed by atoms with Crippen LogP contribution in [0.5, 0.6) is 0 Å². The highest BCUT2D eigenvalue weighted by Gasteiger charge is 2.42. The second-order valence-electron chi connectivity index (χ2n) is 8.17. The standard InChI is InChI=1S/C22H34O4/c1-3-4-7-15(2)20(23)12-10-16-11-13-21(24)18(16)9-6-5-8-17-14-19(17)22(25)26/h10-13,15-20,23H,3-9,14H2,1-2H3,(H,25,26)/t15-,16+,17-,18-,19-,20-/m1/s1. The highest BCUT2D eigenvalue weighted by atomic mass is 16.4. The quantitative estimate of drug-likeness (QED) is 0.399. The summed E-state index contributed by atoms with van der Waals surface area (Å²) >= 11 is 0. The summed E-state index contributed by atoms with van der Waals surface area (Å²) < 4.78 is 0. The van der Waals surface area contributed by atoms with Crippen LogP contribution >= 0.6 is 0 Å². The third-order valence-electron chi connectivity index (χ3n) is 6.02. The average molecular weight is 363 g/mol. The Labute approximate surface area is 157 Å². The van der Waals surface area contributed by atoms with Gasteiger partial charge in [-0.2, -0.15) is 0 Å². The number of allylic oxidation sites excluding steroid dienone is 3. The maximum Gasteiger partial charge on any atom is 0.306 e. The molecule has 0 saturated heterocycles. The molecule has 4 nitrogen and oxygen atoms in total. The second-order valence-corrected chi connectivity index (χ2v) is 8.17. The van der Waals surface area contributed by atoms with Crippen LogP contribution in [0.3, 0.4) is 0 Å². The molecule has 2 rings (SSSR count). The second kappa shape index (κ2) is 10.1. The molecule has 146 valence electrons. The van der Waals surface area contributed by atoms with E-state index in [1.807, 2.05) is 18.2 Å². The summed E-state index contributed by atoms with van der Waals surface area (Å²) in [5, 5.41) is 19.2. The van der Waals surface area contributed by atoms with Gasteiger partial charge in [-0.1, -0.05) is 57.8 Å². The fraction of sp³-hybridized carbons (Fsp3) is 0.727. The molecule has 1 saturated carbocycles. The van der Waals surface area contributed by atoms with Crippen molar-refractivity contribution in [1.29, 1.82) is 0 Å². The largest absolute Gasteiger partial charge is 0.481 e. The Morgan fingerprint density at radius 3 is 2.69 bits per heavy atom. The third kappa shape index (κ3) is 6.08. The van der Waals surface area contributed by atoms with Gasteiger partial charge in [-0.15, -0.1) is 0 Å². The van der Waals surface area contributed by atoms with E-state index in [0.29, 0.717) is 5.92 Å². The number of rotatable bonds is 12. The summed E-state index contributed by atoms with van der Waals surface area (Å²) in [4.78, 5) is 23.0. The topological polar surface area (TPSA) is 74.6 Å². The molecule has 0 aromatic carbocycles. The molecule has 0 aliphatic heterocycles. The van der Waals surface area contributed by atoms with Crippen LogP contribution in [0, 0.1) is 29.6 Å². The summed E-state index contributed by atoms with van der Waals surface area (Å²) in [5.74, 6) is 0.0515. The van der Waals surface area contributed by atoms with E-state index in [4.69, 9.17) is 5.11 Å². The first-order valence-corrected chi connectivity index (χ1v) is 10.2. The molecule has 0 spiro atoms. The van der Waals surface area contributed by atoms with Crippen LogP contribution in [0.25, 0.3) is 0 Å². The van der Waals surface area contributed by atoms with E-state index < -0.39 is 12.1 Å². The van der Waals surface area contributed by atoms with Gasteiger partial charge in [0.05, 0.1) is 12.0 Å². The van der Waals surface area contributed by atoms with Crippen molar-refractivity contribution in [3.63, 3.8) is 0 Å². The number of aliphatic carboxylic acids is 1. The predicted octanol–water partition coefficient (Wildman–Crippen LogP) is 4.38. The number of hydrogen-bond donors (Lipinski definition) is 2. The Morgan fingerprint density at radius 2 is 2.04 bits per heavy atom.